The van der Waals surface area contributed by atoms with E-state index in [2.05, 4.69) is 21.2 Å². The second-order valence-electron chi connectivity index (χ2n) is 7.68. The molecule has 1 amide bonds. The SMILES string of the molecule is CNc1cc(O[C@H]2CC[C@@H](N(C(=O)O)C(C)(C)C)CC2)cc(Br)c1[N+](=O)[O-]. The maximum Gasteiger partial charge on any atom is 0.407 e. The molecule has 0 aromatic heterocycles. The summed E-state index contributed by atoms with van der Waals surface area (Å²) in [5.41, 5.74) is -0.103. The molecule has 2 rings (SSSR count). The highest BCUT2D eigenvalue weighted by Crippen LogP contribution is 2.38. The number of amides is 1. The number of halogens is 1. The smallest absolute Gasteiger partial charge is 0.407 e. The van der Waals surface area contributed by atoms with Crippen LogP contribution in [0.3, 0.4) is 0 Å². The van der Waals surface area contributed by atoms with Crippen LogP contribution in [-0.2, 0) is 0 Å². The number of nitro groups is 1. The van der Waals surface area contributed by atoms with Crippen LogP contribution < -0.4 is 10.1 Å². The normalized spacial score (nSPS) is 20.0. The highest BCUT2D eigenvalue weighted by atomic mass is 79.9. The number of carboxylic acid groups (broad SMARTS) is 1. The van der Waals surface area contributed by atoms with Crippen molar-refractivity contribution in [1.29, 1.82) is 0 Å². The Morgan fingerprint density at radius 1 is 1.33 bits per heavy atom. The first-order valence-corrected chi connectivity index (χ1v) is 9.68. The number of nitro benzene ring substituents is 1. The Labute approximate surface area is 167 Å². The largest absolute Gasteiger partial charge is 0.490 e. The minimum atomic E-state index is -0.898. The zero-order chi connectivity index (χ0) is 20.4. The number of anilines is 1. The second-order valence-corrected chi connectivity index (χ2v) is 8.53. The van der Waals surface area contributed by atoms with E-state index < -0.39 is 16.6 Å². The third-order valence-corrected chi connectivity index (χ3v) is 5.33. The molecule has 0 bridgehead atoms. The average molecular weight is 444 g/mol. The van der Waals surface area contributed by atoms with Crippen molar-refractivity contribution in [3.05, 3.63) is 26.7 Å². The standard InChI is InChI=1S/C18H26BrN3O5/c1-18(2,3)21(17(23)24)11-5-7-12(8-6-11)27-13-9-14(19)16(22(25)26)15(10-13)20-4/h9-12,20H,5-8H2,1-4H3,(H,23,24)/t11-,12+. The Kier molecular flexibility index (Phi) is 6.56. The van der Waals surface area contributed by atoms with Crippen molar-refractivity contribution in [2.24, 2.45) is 0 Å². The average Bonchev–Trinajstić information content (AvgIpc) is 2.53. The van der Waals surface area contributed by atoms with Crippen molar-refractivity contribution < 1.29 is 19.6 Å². The van der Waals surface area contributed by atoms with Crippen molar-refractivity contribution in [1.82, 2.24) is 4.90 Å². The van der Waals surface area contributed by atoms with Gasteiger partial charge < -0.3 is 20.1 Å². The van der Waals surface area contributed by atoms with E-state index in [4.69, 9.17) is 4.74 Å². The lowest BCUT2D eigenvalue weighted by atomic mass is 9.89. The quantitative estimate of drug-likeness (QED) is 0.496. The van der Waals surface area contributed by atoms with E-state index in [9.17, 15) is 20.0 Å². The van der Waals surface area contributed by atoms with Crippen LogP contribution in [0.1, 0.15) is 46.5 Å². The van der Waals surface area contributed by atoms with Gasteiger partial charge in [-0.25, -0.2) is 4.79 Å². The number of nitrogens with one attached hydrogen (secondary N) is 1. The zero-order valence-electron chi connectivity index (χ0n) is 16.0. The van der Waals surface area contributed by atoms with Crippen molar-refractivity contribution in [2.45, 2.75) is 64.1 Å². The maximum absolute atomic E-state index is 11.6. The topological polar surface area (TPSA) is 105 Å². The summed E-state index contributed by atoms with van der Waals surface area (Å²) in [6, 6.07) is 3.19. The van der Waals surface area contributed by atoms with Crippen LogP contribution in [0.15, 0.2) is 16.6 Å². The number of rotatable bonds is 5. The van der Waals surface area contributed by atoms with Crippen LogP contribution in [0.25, 0.3) is 0 Å². The maximum atomic E-state index is 11.6. The lowest BCUT2D eigenvalue weighted by Gasteiger charge is -2.42. The predicted octanol–water partition coefficient (Wildman–Crippen LogP) is 4.87. The number of hydrogen-bond acceptors (Lipinski definition) is 5. The lowest BCUT2D eigenvalue weighted by molar-refractivity contribution is -0.384. The van der Waals surface area contributed by atoms with Gasteiger partial charge in [0.2, 0.25) is 0 Å². The van der Waals surface area contributed by atoms with E-state index in [1.54, 1.807) is 19.2 Å². The van der Waals surface area contributed by atoms with Gasteiger partial charge in [-0.05, 0) is 62.4 Å². The van der Waals surface area contributed by atoms with Crippen LogP contribution in [-0.4, -0.2) is 45.8 Å². The summed E-state index contributed by atoms with van der Waals surface area (Å²) in [6.45, 7) is 5.70. The first-order valence-electron chi connectivity index (χ1n) is 8.89. The van der Waals surface area contributed by atoms with Crippen LogP contribution >= 0.6 is 15.9 Å². The predicted molar refractivity (Wildman–Crippen MR) is 107 cm³/mol. The van der Waals surface area contributed by atoms with Gasteiger partial charge in [-0.2, -0.15) is 0 Å². The Balaban J connectivity index is 2.07. The van der Waals surface area contributed by atoms with E-state index in [0.29, 0.717) is 15.9 Å². The molecule has 0 unspecified atom stereocenters. The molecule has 0 aliphatic heterocycles. The van der Waals surface area contributed by atoms with Gasteiger partial charge in [-0.3, -0.25) is 10.1 Å². The molecule has 0 spiro atoms. The summed E-state index contributed by atoms with van der Waals surface area (Å²) in [6.07, 6.45) is 1.96. The van der Waals surface area contributed by atoms with E-state index >= 15 is 0 Å². The van der Waals surface area contributed by atoms with E-state index in [0.717, 1.165) is 25.7 Å². The van der Waals surface area contributed by atoms with Crippen molar-refractivity contribution in [3.63, 3.8) is 0 Å². The van der Waals surface area contributed by atoms with E-state index in [-0.39, 0.29) is 17.8 Å². The summed E-state index contributed by atoms with van der Waals surface area (Å²) >= 11 is 3.24. The second kappa shape index (κ2) is 8.33. The number of nitrogens with zero attached hydrogens (tertiary/aromatic N) is 2. The molecule has 27 heavy (non-hydrogen) atoms. The van der Waals surface area contributed by atoms with Gasteiger partial charge in [0.15, 0.2) is 0 Å². The molecule has 0 radical (unpaired) electrons. The van der Waals surface area contributed by atoms with Crippen LogP contribution in [0.2, 0.25) is 0 Å². The molecule has 1 aliphatic rings. The summed E-state index contributed by atoms with van der Waals surface area (Å²) < 4.78 is 6.38. The van der Waals surface area contributed by atoms with Gasteiger partial charge in [0.25, 0.3) is 0 Å². The molecule has 9 heteroatoms. The summed E-state index contributed by atoms with van der Waals surface area (Å²) in [4.78, 5) is 23.9. The molecular weight excluding hydrogens is 418 g/mol. The fourth-order valence-electron chi connectivity index (χ4n) is 3.62. The van der Waals surface area contributed by atoms with Crippen molar-refractivity contribution >= 4 is 33.4 Å². The Bertz CT molecular complexity index is 712. The molecule has 2 N–H and O–H groups in total. The molecule has 8 nitrogen and oxygen atoms in total. The van der Waals surface area contributed by atoms with Gasteiger partial charge in [-0.15, -0.1) is 0 Å². The molecule has 0 atom stereocenters. The Morgan fingerprint density at radius 3 is 2.37 bits per heavy atom. The van der Waals surface area contributed by atoms with Crippen molar-refractivity contribution in [2.75, 3.05) is 12.4 Å². The van der Waals surface area contributed by atoms with Crippen LogP contribution in [0.4, 0.5) is 16.2 Å². The molecule has 1 aliphatic carbocycles. The van der Waals surface area contributed by atoms with Crippen LogP contribution in [0.5, 0.6) is 5.75 Å². The lowest BCUT2D eigenvalue weighted by Crippen LogP contribution is -2.52. The van der Waals surface area contributed by atoms with E-state index in [1.165, 1.54) is 4.90 Å². The van der Waals surface area contributed by atoms with Gasteiger partial charge in [0.1, 0.15) is 15.9 Å². The molecule has 1 fully saturated rings. The molecule has 1 saturated carbocycles. The summed E-state index contributed by atoms with van der Waals surface area (Å²) in [5, 5.41) is 23.6. The van der Waals surface area contributed by atoms with Crippen LogP contribution in [0, 0.1) is 10.1 Å². The van der Waals surface area contributed by atoms with E-state index in [1.807, 2.05) is 20.8 Å². The number of benzene rings is 1. The molecule has 150 valence electrons. The van der Waals surface area contributed by atoms with Gasteiger partial charge in [0.05, 0.1) is 11.0 Å². The molecule has 1 aromatic carbocycles. The number of ether oxygens (including phenoxy) is 1. The highest BCUT2D eigenvalue weighted by molar-refractivity contribution is 9.10. The minimum Gasteiger partial charge on any atom is -0.490 e. The van der Waals surface area contributed by atoms with Crippen molar-refractivity contribution in [3.8, 4) is 5.75 Å². The molecule has 1 aromatic rings. The molecular formula is C18H26BrN3O5. The molecule has 0 saturated heterocycles. The zero-order valence-corrected chi connectivity index (χ0v) is 17.6. The number of hydrogen-bond donors (Lipinski definition) is 2. The fraction of sp³-hybridized carbons (Fsp3) is 0.611. The summed E-state index contributed by atoms with van der Waals surface area (Å²) in [7, 11) is 1.62. The Hall–Kier alpha value is -2.03. The Morgan fingerprint density at radius 2 is 1.93 bits per heavy atom. The first-order chi connectivity index (χ1) is 12.5. The first kappa shape index (κ1) is 21.3. The number of carbonyl (C=O) groups is 1. The summed E-state index contributed by atoms with van der Waals surface area (Å²) in [5.74, 6) is 0.547. The molecule has 0 heterocycles. The monoisotopic (exact) mass is 443 g/mol. The van der Waals surface area contributed by atoms with Gasteiger partial charge in [-0.1, -0.05) is 0 Å². The third kappa shape index (κ3) is 5.03. The highest BCUT2D eigenvalue weighted by Gasteiger charge is 2.36. The van der Waals surface area contributed by atoms with Gasteiger partial charge in [0, 0.05) is 30.8 Å². The minimum absolute atomic E-state index is 0.0289. The fourth-order valence-corrected chi connectivity index (χ4v) is 4.21. The third-order valence-electron chi connectivity index (χ3n) is 4.73. The van der Waals surface area contributed by atoms with Gasteiger partial charge >= 0.3 is 11.8 Å².